The highest BCUT2D eigenvalue weighted by molar-refractivity contribution is 7.92. The minimum absolute atomic E-state index is 0.0634. The van der Waals surface area contributed by atoms with Crippen LogP contribution in [0.3, 0.4) is 0 Å². The van der Waals surface area contributed by atoms with Crippen molar-refractivity contribution in [2.45, 2.75) is 30.7 Å². The van der Waals surface area contributed by atoms with Crippen molar-refractivity contribution < 1.29 is 13.2 Å². The molecule has 0 saturated carbocycles. The smallest absolute Gasteiger partial charge is 0.263 e. The summed E-state index contributed by atoms with van der Waals surface area (Å²) < 4.78 is 29.5. The maximum atomic E-state index is 12.8. The second kappa shape index (κ2) is 6.45. The van der Waals surface area contributed by atoms with E-state index >= 15 is 0 Å². The predicted octanol–water partition coefficient (Wildman–Crippen LogP) is 2.36. The van der Waals surface area contributed by atoms with Gasteiger partial charge in [-0.2, -0.15) is 0 Å². The van der Waals surface area contributed by atoms with Gasteiger partial charge in [0.1, 0.15) is 0 Å². The Morgan fingerprint density at radius 3 is 2.64 bits per heavy atom. The summed E-state index contributed by atoms with van der Waals surface area (Å²) in [5.41, 5.74) is 1.51. The number of fused-ring (bicyclic) bond motifs is 1. The third-order valence-corrected chi connectivity index (χ3v) is 6.11. The van der Waals surface area contributed by atoms with Gasteiger partial charge in [0, 0.05) is 5.69 Å². The molecule has 0 fully saturated rings. The molecule has 0 atom stereocenters. The van der Waals surface area contributed by atoms with Gasteiger partial charge in [-0.05, 0) is 43.2 Å². The highest BCUT2D eigenvalue weighted by atomic mass is 32.2. The highest BCUT2D eigenvalue weighted by Gasteiger charge is 2.39. The Morgan fingerprint density at radius 1 is 1.14 bits per heavy atom. The van der Waals surface area contributed by atoms with E-state index in [0.717, 1.165) is 5.56 Å². The first-order valence-electron chi connectivity index (χ1n) is 8.68. The van der Waals surface area contributed by atoms with Crippen LogP contribution in [-0.2, 0) is 26.8 Å². The Morgan fingerprint density at radius 2 is 1.89 bits per heavy atom. The molecule has 9 heteroatoms. The molecule has 2 heterocycles. The predicted molar refractivity (Wildman–Crippen MR) is 104 cm³/mol. The van der Waals surface area contributed by atoms with Gasteiger partial charge in [-0.3, -0.25) is 9.52 Å². The lowest BCUT2D eigenvalue weighted by Gasteiger charge is -2.15. The van der Waals surface area contributed by atoms with Gasteiger partial charge in [0.15, 0.2) is 5.82 Å². The van der Waals surface area contributed by atoms with E-state index in [1.165, 1.54) is 18.3 Å². The lowest BCUT2D eigenvalue weighted by molar-refractivity contribution is -0.119. The Kier molecular flexibility index (Phi) is 4.19. The number of carbonyl (C=O) groups excluding carboxylic acids is 1. The van der Waals surface area contributed by atoms with Crippen molar-refractivity contribution in [1.82, 2.24) is 15.0 Å². The number of amides is 1. The van der Waals surface area contributed by atoms with Gasteiger partial charge < -0.3 is 5.32 Å². The minimum atomic E-state index is -3.87. The molecular formula is C19H19N5O3S. The standard InChI is InChI=1S/C19H19N5O3S/c1-19(2)15-10-14(8-9-16(15)20-18(19)25)28(26,27)22-17-12-24(23-21-17)11-13-6-4-3-5-7-13/h3-10,12,22H,11H2,1-2H3,(H,20,25). The molecule has 1 aliphatic heterocycles. The summed E-state index contributed by atoms with van der Waals surface area (Å²) in [6.45, 7) is 4.00. The fourth-order valence-electron chi connectivity index (χ4n) is 3.11. The third-order valence-electron chi connectivity index (χ3n) is 4.76. The Labute approximate surface area is 162 Å². The van der Waals surface area contributed by atoms with E-state index < -0.39 is 15.4 Å². The van der Waals surface area contributed by atoms with Gasteiger partial charge in [0.25, 0.3) is 10.0 Å². The van der Waals surface area contributed by atoms with Gasteiger partial charge in [-0.25, -0.2) is 13.1 Å². The fraction of sp³-hybridized carbons (Fsp3) is 0.211. The largest absolute Gasteiger partial charge is 0.325 e. The zero-order valence-electron chi connectivity index (χ0n) is 15.4. The van der Waals surface area contributed by atoms with Gasteiger partial charge in [0.05, 0.1) is 23.1 Å². The number of rotatable bonds is 5. The molecule has 144 valence electrons. The molecule has 3 aromatic rings. The summed E-state index contributed by atoms with van der Waals surface area (Å²) in [5.74, 6) is -0.0289. The summed E-state index contributed by atoms with van der Waals surface area (Å²) in [5, 5.41) is 10.6. The topological polar surface area (TPSA) is 106 Å². The minimum Gasteiger partial charge on any atom is -0.325 e. The molecule has 28 heavy (non-hydrogen) atoms. The van der Waals surface area contributed by atoms with Crippen molar-refractivity contribution in [1.29, 1.82) is 0 Å². The summed E-state index contributed by atoms with van der Waals surface area (Å²) in [6.07, 6.45) is 1.53. The number of nitrogens with one attached hydrogen (secondary N) is 2. The molecule has 8 nitrogen and oxygen atoms in total. The SMILES string of the molecule is CC1(C)C(=O)Nc2ccc(S(=O)(=O)Nc3cn(Cc4ccccc4)nn3)cc21. The molecule has 2 aromatic carbocycles. The first-order valence-corrected chi connectivity index (χ1v) is 10.2. The molecule has 1 aromatic heterocycles. The van der Waals surface area contributed by atoms with Crippen molar-refractivity contribution in [3.63, 3.8) is 0 Å². The maximum absolute atomic E-state index is 12.8. The van der Waals surface area contributed by atoms with Crippen LogP contribution in [0.5, 0.6) is 0 Å². The van der Waals surface area contributed by atoms with Crippen LogP contribution in [0, 0.1) is 0 Å². The van der Waals surface area contributed by atoms with E-state index in [2.05, 4.69) is 20.4 Å². The van der Waals surface area contributed by atoms with E-state index in [1.807, 2.05) is 30.3 Å². The monoisotopic (exact) mass is 397 g/mol. The van der Waals surface area contributed by atoms with Crippen LogP contribution in [0.15, 0.2) is 59.6 Å². The van der Waals surface area contributed by atoms with Gasteiger partial charge in [-0.1, -0.05) is 35.5 Å². The van der Waals surface area contributed by atoms with E-state index in [4.69, 9.17) is 0 Å². The zero-order chi connectivity index (χ0) is 19.9. The molecule has 1 aliphatic rings. The summed E-state index contributed by atoms with van der Waals surface area (Å²) in [7, 11) is -3.87. The van der Waals surface area contributed by atoms with Gasteiger partial charge >= 0.3 is 0 Å². The first-order chi connectivity index (χ1) is 13.3. The molecule has 4 rings (SSSR count). The average molecular weight is 397 g/mol. The molecule has 0 bridgehead atoms. The fourth-order valence-corrected chi connectivity index (χ4v) is 4.11. The van der Waals surface area contributed by atoms with Crippen LogP contribution < -0.4 is 10.0 Å². The number of anilines is 2. The van der Waals surface area contributed by atoms with Crippen LogP contribution in [-0.4, -0.2) is 29.3 Å². The molecule has 1 amide bonds. The molecule has 0 radical (unpaired) electrons. The van der Waals surface area contributed by atoms with Crippen LogP contribution in [0.1, 0.15) is 25.0 Å². The van der Waals surface area contributed by atoms with Crippen LogP contribution >= 0.6 is 0 Å². The number of hydrogen-bond donors (Lipinski definition) is 2. The van der Waals surface area contributed by atoms with E-state index in [1.54, 1.807) is 24.6 Å². The second-order valence-electron chi connectivity index (χ2n) is 7.18. The number of nitrogens with zero attached hydrogens (tertiary/aromatic N) is 3. The normalized spacial score (nSPS) is 15.1. The van der Waals surface area contributed by atoms with Crippen molar-refractivity contribution in [3.8, 4) is 0 Å². The van der Waals surface area contributed by atoms with Crippen LogP contribution in [0.2, 0.25) is 0 Å². The Hall–Kier alpha value is -3.20. The van der Waals surface area contributed by atoms with Crippen molar-refractivity contribution >= 4 is 27.4 Å². The molecular weight excluding hydrogens is 378 g/mol. The number of sulfonamides is 1. The summed E-state index contributed by atoms with van der Waals surface area (Å²) in [6, 6.07) is 14.2. The Bertz CT molecular complexity index is 1150. The molecule has 0 unspecified atom stereocenters. The van der Waals surface area contributed by atoms with Crippen LogP contribution in [0.25, 0.3) is 0 Å². The number of carbonyl (C=O) groups is 1. The second-order valence-corrected chi connectivity index (χ2v) is 8.86. The maximum Gasteiger partial charge on any atom is 0.263 e. The first kappa shape index (κ1) is 18.2. The number of benzene rings is 2. The third kappa shape index (κ3) is 3.24. The molecule has 0 spiro atoms. The zero-order valence-corrected chi connectivity index (χ0v) is 16.2. The van der Waals surface area contributed by atoms with E-state index in [0.29, 0.717) is 17.8 Å². The lowest BCUT2D eigenvalue weighted by atomic mass is 9.86. The summed E-state index contributed by atoms with van der Waals surface area (Å²) in [4.78, 5) is 12.1. The Balaban J connectivity index is 1.56. The van der Waals surface area contributed by atoms with Crippen molar-refractivity contribution in [3.05, 3.63) is 65.9 Å². The lowest BCUT2D eigenvalue weighted by Crippen LogP contribution is -2.27. The van der Waals surface area contributed by atoms with Crippen molar-refractivity contribution in [2.75, 3.05) is 10.0 Å². The van der Waals surface area contributed by atoms with E-state index in [-0.39, 0.29) is 16.6 Å². The van der Waals surface area contributed by atoms with Gasteiger partial charge in [0.2, 0.25) is 5.91 Å². The van der Waals surface area contributed by atoms with Gasteiger partial charge in [-0.15, -0.1) is 5.10 Å². The molecule has 2 N–H and O–H groups in total. The van der Waals surface area contributed by atoms with E-state index in [9.17, 15) is 13.2 Å². The quantitative estimate of drug-likeness (QED) is 0.687. The average Bonchev–Trinajstić information content (AvgIpc) is 3.17. The van der Waals surface area contributed by atoms with Crippen molar-refractivity contribution in [2.24, 2.45) is 0 Å². The highest BCUT2D eigenvalue weighted by Crippen LogP contribution is 2.38. The number of hydrogen-bond acceptors (Lipinski definition) is 5. The molecule has 0 aliphatic carbocycles. The summed E-state index contributed by atoms with van der Waals surface area (Å²) >= 11 is 0. The van der Waals surface area contributed by atoms with Crippen LogP contribution in [0.4, 0.5) is 11.5 Å². The number of aromatic nitrogens is 3. The molecule has 0 saturated heterocycles.